The van der Waals surface area contributed by atoms with Crippen molar-refractivity contribution in [2.75, 3.05) is 4.90 Å². The van der Waals surface area contributed by atoms with Gasteiger partial charge in [0.1, 0.15) is 0 Å². The SMILES string of the molecule is CC1CC(c2ccccc2)=CC=C1N(c1ccc(-c2cccc3ccccc23)cc1)c1cc(-c2ccccc2)c2sc3ccccc3c2c1. The summed E-state index contributed by atoms with van der Waals surface area (Å²) in [6.07, 6.45) is 5.67. The first kappa shape index (κ1) is 29.4. The molecule has 1 aliphatic rings. The van der Waals surface area contributed by atoms with E-state index >= 15 is 0 Å². The van der Waals surface area contributed by atoms with Gasteiger partial charge in [-0.2, -0.15) is 0 Å². The van der Waals surface area contributed by atoms with Crippen molar-refractivity contribution in [3.05, 3.63) is 187 Å². The molecule has 1 heterocycles. The summed E-state index contributed by atoms with van der Waals surface area (Å²) >= 11 is 1.89. The molecule has 0 spiro atoms. The van der Waals surface area contributed by atoms with Gasteiger partial charge >= 0.3 is 0 Å². The Morgan fingerprint density at radius 2 is 1.16 bits per heavy atom. The molecule has 0 radical (unpaired) electrons. The molecule has 8 aromatic rings. The van der Waals surface area contributed by atoms with E-state index in [2.05, 4.69) is 188 Å². The lowest BCUT2D eigenvalue weighted by atomic mass is 9.87. The summed E-state index contributed by atoms with van der Waals surface area (Å²) in [4.78, 5) is 2.51. The van der Waals surface area contributed by atoms with Crippen molar-refractivity contribution < 1.29 is 0 Å². The Kier molecular flexibility index (Phi) is 7.45. The van der Waals surface area contributed by atoms with Gasteiger partial charge < -0.3 is 4.90 Å². The van der Waals surface area contributed by atoms with E-state index in [1.165, 1.54) is 75.7 Å². The highest BCUT2D eigenvalue weighted by Gasteiger charge is 2.25. The van der Waals surface area contributed by atoms with E-state index < -0.39 is 0 Å². The van der Waals surface area contributed by atoms with Gasteiger partial charge in [0.25, 0.3) is 0 Å². The molecule has 9 rings (SSSR count). The zero-order valence-corrected chi connectivity index (χ0v) is 28.2. The molecule has 1 atom stereocenters. The Morgan fingerprint density at radius 3 is 1.94 bits per heavy atom. The standard InChI is InChI=1S/C47H35NS/c1-32-29-37(33-13-4-2-5-14-33)25-28-45(32)48(38-26-23-36(24-27-38)41-21-12-18-34-17-8-9-19-40(34)41)39-30-43(35-15-6-3-7-16-35)47-44(31-39)42-20-10-11-22-46(42)49-47/h2-28,30-32H,29H2,1H3. The van der Waals surface area contributed by atoms with Crippen molar-refractivity contribution in [2.24, 2.45) is 5.92 Å². The van der Waals surface area contributed by atoms with Gasteiger partial charge in [0.2, 0.25) is 0 Å². The maximum absolute atomic E-state index is 2.51. The first-order valence-corrected chi connectivity index (χ1v) is 17.9. The van der Waals surface area contributed by atoms with Crippen LogP contribution in [0.4, 0.5) is 11.4 Å². The van der Waals surface area contributed by atoms with Crippen molar-refractivity contribution in [1.29, 1.82) is 0 Å². The van der Waals surface area contributed by atoms with Crippen LogP contribution in [0.3, 0.4) is 0 Å². The third-order valence-electron chi connectivity index (χ3n) is 9.92. The van der Waals surface area contributed by atoms with Crippen molar-refractivity contribution in [1.82, 2.24) is 0 Å². The zero-order valence-electron chi connectivity index (χ0n) is 27.4. The molecule has 7 aromatic carbocycles. The molecule has 2 heteroatoms. The summed E-state index contributed by atoms with van der Waals surface area (Å²) in [5.41, 5.74) is 11.3. The molecular weight excluding hydrogens is 611 g/mol. The van der Waals surface area contributed by atoms with Crippen LogP contribution in [0.1, 0.15) is 18.9 Å². The van der Waals surface area contributed by atoms with E-state index in [9.17, 15) is 0 Å². The predicted octanol–water partition coefficient (Wildman–Crippen LogP) is 13.7. The van der Waals surface area contributed by atoms with Crippen molar-refractivity contribution >= 4 is 59.2 Å². The van der Waals surface area contributed by atoms with Crippen molar-refractivity contribution in [3.63, 3.8) is 0 Å². The van der Waals surface area contributed by atoms with Gasteiger partial charge in [-0.05, 0) is 81.4 Å². The third kappa shape index (κ3) is 5.35. The van der Waals surface area contributed by atoms with Gasteiger partial charge in [-0.3, -0.25) is 0 Å². The number of nitrogens with zero attached hydrogens (tertiary/aromatic N) is 1. The first-order valence-electron chi connectivity index (χ1n) is 17.1. The quantitative estimate of drug-likeness (QED) is 0.174. The topological polar surface area (TPSA) is 3.24 Å². The largest absolute Gasteiger partial charge is 0.314 e. The van der Waals surface area contributed by atoms with E-state index in [0.717, 1.165) is 12.1 Å². The van der Waals surface area contributed by atoms with Crippen molar-refractivity contribution in [2.45, 2.75) is 13.3 Å². The lowest BCUT2D eigenvalue weighted by Crippen LogP contribution is -2.23. The van der Waals surface area contributed by atoms with Crippen LogP contribution < -0.4 is 4.90 Å². The number of fused-ring (bicyclic) bond motifs is 4. The second kappa shape index (κ2) is 12.4. The van der Waals surface area contributed by atoms with E-state index in [1.807, 2.05) is 11.3 Å². The lowest BCUT2D eigenvalue weighted by Gasteiger charge is -2.34. The summed E-state index contributed by atoms with van der Waals surface area (Å²) in [6.45, 7) is 2.37. The van der Waals surface area contributed by atoms with Crippen LogP contribution in [0.5, 0.6) is 0 Å². The van der Waals surface area contributed by atoms with Gasteiger partial charge in [-0.15, -0.1) is 11.3 Å². The maximum Gasteiger partial charge on any atom is 0.0471 e. The average Bonchev–Trinajstić information content (AvgIpc) is 3.55. The summed E-state index contributed by atoms with van der Waals surface area (Å²) in [7, 11) is 0. The molecule has 1 nitrogen and oxygen atoms in total. The minimum absolute atomic E-state index is 0.313. The Hall–Kier alpha value is -5.70. The van der Waals surface area contributed by atoms with Crippen LogP contribution in [0.25, 0.3) is 58.8 Å². The molecule has 0 fully saturated rings. The molecule has 1 unspecified atom stereocenters. The highest BCUT2D eigenvalue weighted by Crippen LogP contribution is 2.46. The molecule has 49 heavy (non-hydrogen) atoms. The van der Waals surface area contributed by atoms with Crippen LogP contribution in [-0.4, -0.2) is 0 Å². The second-order valence-electron chi connectivity index (χ2n) is 13.0. The molecule has 0 saturated carbocycles. The Labute approximate surface area is 291 Å². The van der Waals surface area contributed by atoms with Crippen LogP contribution in [0, 0.1) is 5.92 Å². The Morgan fingerprint density at radius 1 is 0.510 bits per heavy atom. The molecule has 0 saturated heterocycles. The first-order chi connectivity index (χ1) is 24.2. The predicted molar refractivity (Wildman–Crippen MR) is 213 cm³/mol. The normalized spacial score (nSPS) is 14.6. The Bertz CT molecular complexity index is 2520. The highest BCUT2D eigenvalue weighted by molar-refractivity contribution is 7.26. The summed E-state index contributed by atoms with van der Waals surface area (Å²) in [5, 5.41) is 5.15. The number of benzene rings is 7. The van der Waals surface area contributed by atoms with Crippen LogP contribution in [-0.2, 0) is 0 Å². The number of allylic oxidation sites excluding steroid dienone is 4. The number of anilines is 2. The molecular formula is C47H35NS. The molecule has 0 bridgehead atoms. The number of thiophene rings is 1. The minimum Gasteiger partial charge on any atom is -0.314 e. The monoisotopic (exact) mass is 645 g/mol. The van der Waals surface area contributed by atoms with Gasteiger partial charge in [0, 0.05) is 48.7 Å². The Balaban J connectivity index is 1.25. The molecule has 234 valence electrons. The molecule has 1 aliphatic carbocycles. The van der Waals surface area contributed by atoms with E-state index in [4.69, 9.17) is 0 Å². The molecule has 0 N–H and O–H groups in total. The number of rotatable bonds is 6. The van der Waals surface area contributed by atoms with Crippen LogP contribution in [0.15, 0.2) is 182 Å². The molecule has 0 amide bonds. The molecule has 1 aromatic heterocycles. The number of hydrogen-bond acceptors (Lipinski definition) is 2. The van der Waals surface area contributed by atoms with Crippen LogP contribution in [0.2, 0.25) is 0 Å². The molecule has 0 aliphatic heterocycles. The van der Waals surface area contributed by atoms with Gasteiger partial charge in [0.05, 0.1) is 0 Å². The second-order valence-corrected chi connectivity index (χ2v) is 14.1. The van der Waals surface area contributed by atoms with E-state index in [1.54, 1.807) is 0 Å². The third-order valence-corrected chi connectivity index (χ3v) is 11.1. The van der Waals surface area contributed by atoms with Gasteiger partial charge in [-0.25, -0.2) is 0 Å². The number of hydrogen-bond donors (Lipinski definition) is 0. The zero-order chi connectivity index (χ0) is 32.7. The lowest BCUT2D eigenvalue weighted by molar-refractivity contribution is 0.680. The summed E-state index contributed by atoms with van der Waals surface area (Å²) in [5.74, 6) is 0.313. The fourth-order valence-corrected chi connectivity index (χ4v) is 8.72. The fourth-order valence-electron chi connectivity index (χ4n) is 7.50. The fraction of sp³-hybridized carbons (Fsp3) is 0.0638. The van der Waals surface area contributed by atoms with E-state index in [-0.39, 0.29) is 0 Å². The summed E-state index contributed by atoms with van der Waals surface area (Å²) in [6, 6.07) is 59.8. The van der Waals surface area contributed by atoms with Crippen molar-refractivity contribution in [3.8, 4) is 22.3 Å². The minimum atomic E-state index is 0.313. The van der Waals surface area contributed by atoms with Gasteiger partial charge in [-0.1, -0.05) is 146 Å². The van der Waals surface area contributed by atoms with Gasteiger partial charge in [0.15, 0.2) is 0 Å². The summed E-state index contributed by atoms with van der Waals surface area (Å²) < 4.78 is 2.65. The average molecular weight is 646 g/mol. The van der Waals surface area contributed by atoms with Crippen LogP contribution >= 0.6 is 11.3 Å². The highest BCUT2D eigenvalue weighted by atomic mass is 32.1. The smallest absolute Gasteiger partial charge is 0.0471 e. The van der Waals surface area contributed by atoms with E-state index in [0.29, 0.717) is 5.92 Å². The maximum atomic E-state index is 2.51.